The van der Waals surface area contributed by atoms with Crippen LogP contribution in [0.5, 0.6) is 0 Å². The minimum atomic E-state index is -0.532. The maximum absolute atomic E-state index is 12.0. The number of hydrogen-bond acceptors (Lipinski definition) is 5. The van der Waals surface area contributed by atoms with Gasteiger partial charge in [-0.2, -0.15) is 11.8 Å². The Balaban J connectivity index is 2.68. The standard InChI is InChI=1S/C13H25NO3S/c1-9(2)14-13(12(16)17-4)6-5-11(7-13)18-10(3)8-15/h9-11,14-15H,5-8H2,1-4H3. The second kappa shape index (κ2) is 6.78. The van der Waals surface area contributed by atoms with E-state index in [-0.39, 0.29) is 23.9 Å². The zero-order valence-electron chi connectivity index (χ0n) is 11.7. The minimum Gasteiger partial charge on any atom is -0.468 e. The van der Waals surface area contributed by atoms with Crippen LogP contribution >= 0.6 is 11.8 Å². The first kappa shape index (κ1) is 15.8. The molecule has 0 aromatic heterocycles. The van der Waals surface area contributed by atoms with Crippen molar-refractivity contribution in [1.82, 2.24) is 5.32 Å². The average molecular weight is 275 g/mol. The van der Waals surface area contributed by atoms with Crippen LogP contribution in [0, 0.1) is 0 Å². The third-order valence-corrected chi connectivity index (χ3v) is 4.69. The van der Waals surface area contributed by atoms with E-state index in [1.54, 1.807) is 11.8 Å². The van der Waals surface area contributed by atoms with Gasteiger partial charge in [0.25, 0.3) is 0 Å². The molecule has 0 amide bonds. The predicted molar refractivity (Wildman–Crippen MR) is 74.8 cm³/mol. The van der Waals surface area contributed by atoms with Gasteiger partial charge in [-0.25, -0.2) is 0 Å². The van der Waals surface area contributed by atoms with Crippen LogP contribution in [0.2, 0.25) is 0 Å². The van der Waals surface area contributed by atoms with Crippen LogP contribution in [-0.4, -0.2) is 46.9 Å². The molecule has 0 bridgehead atoms. The second-order valence-electron chi connectivity index (χ2n) is 5.37. The lowest BCUT2D eigenvalue weighted by Crippen LogP contribution is -2.53. The van der Waals surface area contributed by atoms with Crippen molar-refractivity contribution in [2.45, 2.75) is 62.1 Å². The van der Waals surface area contributed by atoms with Gasteiger partial charge in [0, 0.05) is 16.5 Å². The number of ether oxygens (including phenoxy) is 1. The topological polar surface area (TPSA) is 58.6 Å². The van der Waals surface area contributed by atoms with Crippen LogP contribution in [0.3, 0.4) is 0 Å². The quantitative estimate of drug-likeness (QED) is 0.721. The number of aliphatic hydroxyl groups excluding tert-OH is 1. The number of hydrogen-bond donors (Lipinski definition) is 2. The van der Waals surface area contributed by atoms with Gasteiger partial charge in [-0.05, 0) is 33.1 Å². The molecular formula is C13H25NO3S. The van der Waals surface area contributed by atoms with E-state index in [9.17, 15) is 4.79 Å². The molecule has 1 aliphatic rings. The summed E-state index contributed by atoms with van der Waals surface area (Å²) in [4.78, 5) is 12.0. The van der Waals surface area contributed by atoms with E-state index in [1.807, 2.05) is 20.8 Å². The molecule has 1 saturated carbocycles. The van der Waals surface area contributed by atoms with E-state index >= 15 is 0 Å². The lowest BCUT2D eigenvalue weighted by Gasteiger charge is -2.30. The summed E-state index contributed by atoms with van der Waals surface area (Å²) in [5, 5.41) is 13.1. The zero-order chi connectivity index (χ0) is 13.8. The molecule has 1 rings (SSSR count). The van der Waals surface area contributed by atoms with Gasteiger partial charge in [0.2, 0.25) is 0 Å². The third-order valence-electron chi connectivity index (χ3n) is 3.29. The molecule has 0 heterocycles. The number of esters is 1. The van der Waals surface area contributed by atoms with Crippen molar-refractivity contribution in [3.63, 3.8) is 0 Å². The monoisotopic (exact) mass is 275 g/mol. The maximum atomic E-state index is 12.0. The molecule has 3 unspecified atom stereocenters. The first-order chi connectivity index (χ1) is 8.43. The molecule has 1 fully saturated rings. The van der Waals surface area contributed by atoms with Gasteiger partial charge >= 0.3 is 5.97 Å². The van der Waals surface area contributed by atoms with Crippen LogP contribution in [0.4, 0.5) is 0 Å². The molecule has 4 nitrogen and oxygen atoms in total. The summed E-state index contributed by atoms with van der Waals surface area (Å²) in [5.41, 5.74) is -0.532. The number of nitrogens with one attached hydrogen (secondary N) is 1. The number of thioether (sulfide) groups is 1. The van der Waals surface area contributed by atoms with E-state index < -0.39 is 5.54 Å². The van der Waals surface area contributed by atoms with Crippen LogP contribution in [0.1, 0.15) is 40.0 Å². The lowest BCUT2D eigenvalue weighted by atomic mass is 9.96. The maximum Gasteiger partial charge on any atom is 0.326 e. The highest BCUT2D eigenvalue weighted by molar-refractivity contribution is 8.00. The molecule has 2 N–H and O–H groups in total. The predicted octanol–water partition coefficient (Wildman–Crippen LogP) is 1.56. The van der Waals surface area contributed by atoms with Crippen molar-refractivity contribution in [2.24, 2.45) is 0 Å². The van der Waals surface area contributed by atoms with Crippen molar-refractivity contribution >= 4 is 17.7 Å². The van der Waals surface area contributed by atoms with Gasteiger partial charge in [0.05, 0.1) is 13.7 Å². The summed E-state index contributed by atoms with van der Waals surface area (Å²) < 4.78 is 4.96. The third kappa shape index (κ3) is 3.87. The summed E-state index contributed by atoms with van der Waals surface area (Å²) in [5.74, 6) is -0.157. The number of rotatable bonds is 6. The zero-order valence-corrected chi connectivity index (χ0v) is 12.5. The molecule has 106 valence electrons. The van der Waals surface area contributed by atoms with Crippen LogP contribution in [0.15, 0.2) is 0 Å². The Morgan fingerprint density at radius 3 is 2.72 bits per heavy atom. The van der Waals surface area contributed by atoms with Gasteiger partial charge in [-0.1, -0.05) is 6.92 Å². The Morgan fingerprint density at radius 2 is 2.22 bits per heavy atom. The van der Waals surface area contributed by atoms with Crippen molar-refractivity contribution in [1.29, 1.82) is 0 Å². The molecule has 0 aliphatic heterocycles. The summed E-state index contributed by atoms with van der Waals surface area (Å²) in [6.45, 7) is 6.28. The van der Waals surface area contributed by atoms with Crippen molar-refractivity contribution in [3.05, 3.63) is 0 Å². The van der Waals surface area contributed by atoms with Gasteiger partial charge in [-0.3, -0.25) is 10.1 Å². The first-order valence-corrected chi connectivity index (χ1v) is 7.50. The molecule has 0 radical (unpaired) electrons. The van der Waals surface area contributed by atoms with Crippen LogP contribution in [-0.2, 0) is 9.53 Å². The molecular weight excluding hydrogens is 250 g/mol. The number of carbonyl (C=O) groups excluding carboxylic acids is 1. The van der Waals surface area contributed by atoms with Crippen LogP contribution in [0.25, 0.3) is 0 Å². The molecule has 0 spiro atoms. The molecule has 0 aromatic carbocycles. The SMILES string of the molecule is COC(=O)C1(NC(C)C)CCC(SC(C)CO)C1. The molecule has 18 heavy (non-hydrogen) atoms. The van der Waals surface area contributed by atoms with Gasteiger partial charge in [0.1, 0.15) is 5.54 Å². The van der Waals surface area contributed by atoms with E-state index in [2.05, 4.69) is 5.32 Å². The van der Waals surface area contributed by atoms with Crippen molar-refractivity contribution in [3.8, 4) is 0 Å². The van der Waals surface area contributed by atoms with Gasteiger partial charge < -0.3 is 9.84 Å². The smallest absolute Gasteiger partial charge is 0.326 e. The number of aliphatic hydroxyl groups is 1. The fraction of sp³-hybridized carbons (Fsp3) is 0.923. The Morgan fingerprint density at radius 1 is 1.56 bits per heavy atom. The van der Waals surface area contributed by atoms with Gasteiger partial charge in [-0.15, -0.1) is 0 Å². The highest BCUT2D eigenvalue weighted by Crippen LogP contribution is 2.39. The highest BCUT2D eigenvalue weighted by atomic mass is 32.2. The average Bonchev–Trinajstić information content (AvgIpc) is 2.71. The molecule has 5 heteroatoms. The van der Waals surface area contributed by atoms with Crippen LogP contribution < -0.4 is 5.32 Å². The fourth-order valence-corrected chi connectivity index (χ4v) is 3.99. The Hall–Kier alpha value is -0.260. The van der Waals surface area contributed by atoms with Gasteiger partial charge in [0.15, 0.2) is 0 Å². The van der Waals surface area contributed by atoms with E-state index in [0.29, 0.717) is 5.25 Å². The summed E-state index contributed by atoms with van der Waals surface area (Å²) in [6, 6.07) is 0.253. The number of methoxy groups -OCH3 is 1. The Labute approximate surface area is 114 Å². The van der Waals surface area contributed by atoms with Crippen molar-refractivity contribution < 1.29 is 14.6 Å². The Bertz CT molecular complexity index is 285. The second-order valence-corrected chi connectivity index (χ2v) is 7.11. The molecule has 0 saturated heterocycles. The molecule has 1 aliphatic carbocycles. The van der Waals surface area contributed by atoms with E-state index in [1.165, 1.54) is 7.11 Å². The summed E-state index contributed by atoms with van der Waals surface area (Å²) in [6.07, 6.45) is 2.59. The first-order valence-electron chi connectivity index (χ1n) is 6.56. The fourth-order valence-electron chi connectivity index (χ4n) is 2.61. The minimum absolute atomic E-state index is 0.157. The van der Waals surface area contributed by atoms with E-state index in [0.717, 1.165) is 19.3 Å². The summed E-state index contributed by atoms with van der Waals surface area (Å²) >= 11 is 1.77. The molecule has 0 aromatic rings. The largest absolute Gasteiger partial charge is 0.468 e. The van der Waals surface area contributed by atoms with Crippen molar-refractivity contribution in [2.75, 3.05) is 13.7 Å². The number of carbonyl (C=O) groups is 1. The molecule has 3 atom stereocenters. The normalized spacial score (nSPS) is 29.6. The van der Waals surface area contributed by atoms with E-state index in [4.69, 9.17) is 9.84 Å². The summed E-state index contributed by atoms with van der Waals surface area (Å²) in [7, 11) is 1.45. The highest BCUT2D eigenvalue weighted by Gasteiger charge is 2.46. The lowest BCUT2D eigenvalue weighted by molar-refractivity contribution is -0.148. The Kier molecular flexibility index (Phi) is 5.95.